The summed E-state index contributed by atoms with van der Waals surface area (Å²) < 4.78 is 0. The molecule has 0 saturated heterocycles. The predicted molar refractivity (Wildman–Crippen MR) is 109 cm³/mol. The lowest BCUT2D eigenvalue weighted by atomic mass is 9.93. The maximum absolute atomic E-state index is 12.6. The molecule has 2 aromatic carbocycles. The van der Waals surface area contributed by atoms with Gasteiger partial charge in [-0.05, 0) is 29.7 Å². The Morgan fingerprint density at radius 1 is 1.04 bits per heavy atom. The molecule has 1 atom stereocenters. The lowest BCUT2D eigenvalue weighted by Gasteiger charge is -2.34. The van der Waals surface area contributed by atoms with Crippen molar-refractivity contribution >= 4 is 35.2 Å². The first-order valence-corrected chi connectivity index (χ1v) is 9.82. The van der Waals surface area contributed by atoms with Gasteiger partial charge in [-0.3, -0.25) is 19.3 Å². The quantitative estimate of drug-likeness (QED) is 0.604. The third-order valence-corrected chi connectivity index (χ3v) is 5.65. The highest BCUT2D eigenvalue weighted by Gasteiger charge is 2.31. The summed E-state index contributed by atoms with van der Waals surface area (Å²) in [7, 11) is 0. The molecule has 0 fully saturated rings. The zero-order chi connectivity index (χ0) is 20.1. The van der Waals surface area contributed by atoms with Crippen molar-refractivity contribution in [1.82, 2.24) is 4.90 Å². The Morgan fingerprint density at radius 3 is 2.43 bits per heavy atom. The molecule has 1 aliphatic heterocycles. The molecule has 8 heteroatoms. The van der Waals surface area contributed by atoms with Gasteiger partial charge in [0.15, 0.2) is 0 Å². The van der Waals surface area contributed by atoms with E-state index < -0.39 is 17.9 Å². The highest BCUT2D eigenvalue weighted by molar-refractivity contribution is 8.00. The predicted octanol–water partition coefficient (Wildman–Crippen LogP) is 1.11. The molecule has 146 valence electrons. The molecule has 0 saturated carbocycles. The molecule has 1 aliphatic rings. The molecular weight excluding hydrogens is 376 g/mol. The van der Waals surface area contributed by atoms with E-state index >= 15 is 0 Å². The standard InChI is InChI=1S/C20H22N4O3S/c21-18(25)12-28-17-8-4-3-7-15(17)23-19(26)11-24-10-14-6-2-1-5-13(14)9-16(24)20(22)27/h1-8,16H,9-12H2,(H2,21,25)(H2,22,27)(H,23,26)/t16-/m0/s1. The van der Waals surface area contributed by atoms with E-state index in [9.17, 15) is 14.4 Å². The van der Waals surface area contributed by atoms with Crippen molar-refractivity contribution in [3.63, 3.8) is 0 Å². The summed E-state index contributed by atoms with van der Waals surface area (Å²) in [6, 6.07) is 14.5. The number of primary amides is 2. The number of nitrogens with one attached hydrogen (secondary N) is 1. The summed E-state index contributed by atoms with van der Waals surface area (Å²) in [5, 5.41) is 2.86. The molecule has 2 aromatic rings. The van der Waals surface area contributed by atoms with Gasteiger partial charge in [0.2, 0.25) is 17.7 Å². The van der Waals surface area contributed by atoms with Crippen LogP contribution in [0.1, 0.15) is 11.1 Å². The molecular formula is C20H22N4O3S. The van der Waals surface area contributed by atoms with Crippen LogP contribution in [0, 0.1) is 0 Å². The fourth-order valence-electron chi connectivity index (χ4n) is 3.24. The minimum absolute atomic E-state index is 0.0385. The number of carbonyl (C=O) groups is 3. The summed E-state index contributed by atoms with van der Waals surface area (Å²) >= 11 is 1.26. The Bertz CT molecular complexity index is 903. The zero-order valence-corrected chi connectivity index (χ0v) is 16.1. The number of amides is 3. The molecule has 3 rings (SSSR count). The highest BCUT2D eigenvalue weighted by atomic mass is 32.2. The van der Waals surface area contributed by atoms with Crippen LogP contribution in [0.2, 0.25) is 0 Å². The van der Waals surface area contributed by atoms with Gasteiger partial charge < -0.3 is 16.8 Å². The third kappa shape index (κ3) is 4.90. The van der Waals surface area contributed by atoms with Crippen molar-refractivity contribution in [3.05, 3.63) is 59.7 Å². The molecule has 0 radical (unpaired) electrons. The molecule has 0 aliphatic carbocycles. The molecule has 0 spiro atoms. The number of carbonyl (C=O) groups excluding carboxylic acids is 3. The zero-order valence-electron chi connectivity index (χ0n) is 15.3. The van der Waals surface area contributed by atoms with Crippen molar-refractivity contribution < 1.29 is 14.4 Å². The topological polar surface area (TPSA) is 119 Å². The van der Waals surface area contributed by atoms with Crippen LogP contribution in [0.15, 0.2) is 53.4 Å². The second-order valence-electron chi connectivity index (χ2n) is 6.60. The number of nitrogens with zero attached hydrogens (tertiary/aromatic N) is 1. The molecule has 0 bridgehead atoms. The molecule has 3 amide bonds. The van der Waals surface area contributed by atoms with Crippen LogP contribution in [0.4, 0.5) is 5.69 Å². The van der Waals surface area contributed by atoms with Gasteiger partial charge in [-0.1, -0.05) is 36.4 Å². The van der Waals surface area contributed by atoms with Crippen molar-refractivity contribution in [2.75, 3.05) is 17.6 Å². The van der Waals surface area contributed by atoms with E-state index in [2.05, 4.69) is 5.32 Å². The second-order valence-corrected chi connectivity index (χ2v) is 7.61. The first kappa shape index (κ1) is 19.9. The van der Waals surface area contributed by atoms with Gasteiger partial charge in [0.05, 0.1) is 24.0 Å². The minimum atomic E-state index is -0.528. The van der Waals surface area contributed by atoms with E-state index in [1.807, 2.05) is 36.4 Å². The number of anilines is 1. The van der Waals surface area contributed by atoms with Gasteiger partial charge in [-0.2, -0.15) is 0 Å². The van der Waals surface area contributed by atoms with Gasteiger partial charge >= 0.3 is 0 Å². The monoisotopic (exact) mass is 398 g/mol. The number of hydrogen-bond acceptors (Lipinski definition) is 5. The number of benzene rings is 2. The van der Waals surface area contributed by atoms with Gasteiger partial charge in [0.25, 0.3) is 0 Å². The number of para-hydroxylation sites is 1. The van der Waals surface area contributed by atoms with E-state index in [1.54, 1.807) is 17.0 Å². The minimum Gasteiger partial charge on any atom is -0.369 e. The number of nitrogens with two attached hydrogens (primary N) is 2. The van der Waals surface area contributed by atoms with Gasteiger partial charge in [-0.25, -0.2) is 0 Å². The molecule has 0 aromatic heterocycles. The van der Waals surface area contributed by atoms with Crippen molar-refractivity contribution in [2.45, 2.75) is 23.9 Å². The van der Waals surface area contributed by atoms with Crippen molar-refractivity contribution in [2.24, 2.45) is 11.5 Å². The van der Waals surface area contributed by atoms with Crippen molar-refractivity contribution in [1.29, 1.82) is 0 Å². The molecule has 0 unspecified atom stereocenters. The van der Waals surface area contributed by atoms with E-state index in [-0.39, 0.29) is 18.2 Å². The lowest BCUT2D eigenvalue weighted by molar-refractivity contribution is -0.125. The maximum Gasteiger partial charge on any atom is 0.238 e. The number of rotatable bonds is 7. The number of thioether (sulfide) groups is 1. The van der Waals surface area contributed by atoms with Crippen LogP contribution >= 0.6 is 11.8 Å². The first-order valence-electron chi connectivity index (χ1n) is 8.84. The largest absolute Gasteiger partial charge is 0.369 e. The Morgan fingerprint density at radius 2 is 1.71 bits per heavy atom. The average Bonchev–Trinajstić information content (AvgIpc) is 2.66. The van der Waals surface area contributed by atoms with E-state index in [0.29, 0.717) is 18.7 Å². The summed E-state index contributed by atoms with van der Waals surface area (Å²) in [4.78, 5) is 38.1. The summed E-state index contributed by atoms with van der Waals surface area (Å²) in [5.41, 5.74) is 13.5. The van der Waals surface area contributed by atoms with Gasteiger partial charge in [0.1, 0.15) is 0 Å². The fraction of sp³-hybridized carbons (Fsp3) is 0.250. The smallest absolute Gasteiger partial charge is 0.238 e. The summed E-state index contributed by atoms with van der Waals surface area (Å²) in [6.07, 6.45) is 0.490. The van der Waals surface area contributed by atoms with E-state index in [0.717, 1.165) is 16.0 Å². The average molecular weight is 398 g/mol. The highest BCUT2D eigenvalue weighted by Crippen LogP contribution is 2.27. The van der Waals surface area contributed by atoms with Gasteiger partial charge in [-0.15, -0.1) is 11.8 Å². The Labute approximate surface area is 167 Å². The normalized spacial score (nSPS) is 16.2. The van der Waals surface area contributed by atoms with Crippen LogP contribution in [0.3, 0.4) is 0 Å². The Kier molecular flexibility index (Phi) is 6.33. The molecule has 5 N–H and O–H groups in total. The van der Waals surface area contributed by atoms with Crippen LogP contribution in [-0.4, -0.2) is 41.0 Å². The molecule has 28 heavy (non-hydrogen) atoms. The summed E-state index contributed by atoms with van der Waals surface area (Å²) in [5.74, 6) is -1.00. The van der Waals surface area contributed by atoms with Gasteiger partial charge in [0, 0.05) is 11.4 Å². The third-order valence-electron chi connectivity index (χ3n) is 4.55. The van der Waals surface area contributed by atoms with E-state index in [4.69, 9.17) is 11.5 Å². The van der Waals surface area contributed by atoms with Crippen LogP contribution < -0.4 is 16.8 Å². The Balaban J connectivity index is 1.70. The fourth-order valence-corrected chi connectivity index (χ4v) is 3.99. The van der Waals surface area contributed by atoms with Crippen molar-refractivity contribution in [3.8, 4) is 0 Å². The maximum atomic E-state index is 12.6. The molecule has 1 heterocycles. The SMILES string of the molecule is NC(=O)CSc1ccccc1NC(=O)CN1Cc2ccccc2C[C@H]1C(N)=O. The summed E-state index contributed by atoms with van der Waals surface area (Å²) in [6.45, 7) is 0.520. The second kappa shape index (κ2) is 8.90. The van der Waals surface area contributed by atoms with Crippen LogP contribution in [-0.2, 0) is 27.3 Å². The van der Waals surface area contributed by atoms with Crippen LogP contribution in [0.25, 0.3) is 0 Å². The van der Waals surface area contributed by atoms with E-state index in [1.165, 1.54) is 11.8 Å². The first-order chi connectivity index (χ1) is 13.4. The number of hydrogen-bond donors (Lipinski definition) is 3. The Hall–Kier alpha value is -2.84. The number of fused-ring (bicyclic) bond motifs is 1. The lowest BCUT2D eigenvalue weighted by Crippen LogP contribution is -2.50. The molecule has 7 nitrogen and oxygen atoms in total. The van der Waals surface area contributed by atoms with Crippen LogP contribution in [0.5, 0.6) is 0 Å².